The van der Waals surface area contributed by atoms with Crippen LogP contribution in [0.25, 0.3) is 0 Å². The first-order chi connectivity index (χ1) is 15.4. The molecule has 0 unspecified atom stereocenters. The minimum absolute atomic E-state index is 0.122. The van der Waals surface area contributed by atoms with Crippen LogP contribution in [0.3, 0.4) is 0 Å². The lowest BCUT2D eigenvalue weighted by atomic mass is 10.0. The topological polar surface area (TPSA) is 98.8 Å². The molecule has 0 bridgehead atoms. The zero-order valence-corrected chi connectivity index (χ0v) is 19.9. The lowest BCUT2D eigenvalue weighted by molar-refractivity contribution is -0.160. The number of anilines is 1. The maximum atomic E-state index is 11.5. The molecule has 3 N–H and O–H groups in total. The van der Waals surface area contributed by atoms with Crippen LogP contribution in [0.4, 0.5) is 10.8 Å². The van der Waals surface area contributed by atoms with E-state index in [1.54, 1.807) is 6.92 Å². The van der Waals surface area contributed by atoms with Crippen molar-refractivity contribution in [3.8, 4) is 0 Å². The molecule has 0 radical (unpaired) electrons. The molecule has 0 saturated heterocycles. The highest BCUT2D eigenvalue weighted by Gasteiger charge is 2.13. The fraction of sp³-hybridized carbons (Fsp3) is 0.261. The van der Waals surface area contributed by atoms with Gasteiger partial charge in [0.05, 0.1) is 36.4 Å². The molecule has 0 spiro atoms. The summed E-state index contributed by atoms with van der Waals surface area (Å²) in [6.07, 6.45) is 2.36. The fourth-order valence-electron chi connectivity index (χ4n) is 3.05. The number of aliphatic imine (C=N–C) groups is 1. The molecule has 0 fully saturated rings. The van der Waals surface area contributed by atoms with Crippen molar-refractivity contribution >= 4 is 45.9 Å². The number of hydrogen-bond acceptors (Lipinski definition) is 7. The minimum atomic E-state index is -0.122. The van der Waals surface area contributed by atoms with E-state index in [1.165, 1.54) is 30.9 Å². The smallest absolute Gasteiger partial charge is 0.223 e. The molecule has 0 aliphatic heterocycles. The van der Waals surface area contributed by atoms with E-state index in [4.69, 9.17) is 10.1 Å². The van der Waals surface area contributed by atoms with E-state index in [2.05, 4.69) is 44.4 Å². The van der Waals surface area contributed by atoms with Crippen LogP contribution in [-0.2, 0) is 33.3 Å². The molecule has 7 nitrogen and oxygen atoms in total. The number of thiazole rings is 1. The van der Waals surface area contributed by atoms with Gasteiger partial charge < -0.3 is 11.1 Å². The fourth-order valence-corrected chi connectivity index (χ4v) is 4.53. The monoisotopic (exact) mass is 470 g/mol. The van der Waals surface area contributed by atoms with E-state index < -0.39 is 0 Å². The van der Waals surface area contributed by atoms with Gasteiger partial charge in [-0.15, -0.1) is 11.3 Å². The Hall–Kier alpha value is -2.72. The van der Waals surface area contributed by atoms with Crippen LogP contribution in [0, 0.1) is 0 Å². The van der Waals surface area contributed by atoms with E-state index in [0.717, 1.165) is 58.0 Å². The van der Waals surface area contributed by atoms with Crippen LogP contribution in [0.15, 0.2) is 58.4 Å². The summed E-state index contributed by atoms with van der Waals surface area (Å²) in [4.78, 5) is 27.2. The Morgan fingerprint density at radius 3 is 2.41 bits per heavy atom. The van der Waals surface area contributed by atoms with Gasteiger partial charge >= 0.3 is 0 Å². The van der Waals surface area contributed by atoms with Gasteiger partial charge in [-0.1, -0.05) is 24.3 Å². The summed E-state index contributed by atoms with van der Waals surface area (Å²) in [6.45, 7) is 3.26. The molecule has 0 aliphatic carbocycles. The van der Waals surface area contributed by atoms with Crippen molar-refractivity contribution in [1.29, 1.82) is 0 Å². The van der Waals surface area contributed by atoms with Crippen molar-refractivity contribution in [2.24, 2.45) is 10.7 Å². The second kappa shape index (κ2) is 11.8. The number of rotatable bonds is 10. The molecule has 2 aromatic carbocycles. The van der Waals surface area contributed by atoms with Gasteiger partial charge in [0.2, 0.25) is 5.91 Å². The number of carbonyl (C=O) groups excluding carboxylic acids is 1. The number of aryl methyl sites for hydroxylation is 2. The third kappa shape index (κ3) is 7.45. The van der Waals surface area contributed by atoms with Crippen LogP contribution in [0.5, 0.6) is 0 Å². The predicted octanol–water partition coefficient (Wildman–Crippen LogP) is 5.07. The van der Waals surface area contributed by atoms with Crippen molar-refractivity contribution in [3.63, 3.8) is 0 Å². The van der Waals surface area contributed by atoms with Gasteiger partial charge in [-0.25, -0.2) is 14.9 Å². The number of hydrogen-bond donors (Lipinski definition) is 2. The molecule has 1 aromatic heterocycles. The number of amidine groups is 1. The molecule has 32 heavy (non-hydrogen) atoms. The SMILES string of the molecule is COOSc1ccc(Cc2sc(NC(C)=O)nc2CCc2ccc(N=C(C)N)cc2)cc1. The summed E-state index contributed by atoms with van der Waals surface area (Å²) in [6, 6.07) is 16.1. The molecule has 9 heteroatoms. The Balaban J connectivity index is 1.72. The molecule has 0 atom stereocenters. The second-order valence-electron chi connectivity index (χ2n) is 7.13. The number of nitrogens with two attached hydrogens (primary N) is 1. The van der Waals surface area contributed by atoms with Crippen molar-refractivity contribution in [3.05, 3.63) is 70.2 Å². The minimum Gasteiger partial charge on any atom is -0.387 e. The lowest BCUT2D eigenvalue weighted by Gasteiger charge is -2.05. The average molecular weight is 471 g/mol. The third-order valence-corrected chi connectivity index (χ3v) is 6.12. The highest BCUT2D eigenvalue weighted by Crippen LogP contribution is 2.28. The predicted molar refractivity (Wildman–Crippen MR) is 130 cm³/mol. The zero-order chi connectivity index (χ0) is 22.9. The maximum absolute atomic E-state index is 11.5. The Bertz CT molecular complexity index is 1060. The Morgan fingerprint density at radius 1 is 1.09 bits per heavy atom. The van der Waals surface area contributed by atoms with Gasteiger partial charge in [0.1, 0.15) is 0 Å². The van der Waals surface area contributed by atoms with E-state index in [1.807, 2.05) is 24.3 Å². The third-order valence-electron chi connectivity index (χ3n) is 4.44. The number of benzene rings is 2. The molecular formula is C23H26N4O3S2. The number of nitrogens with zero attached hydrogens (tertiary/aromatic N) is 2. The van der Waals surface area contributed by atoms with Gasteiger partial charge in [0, 0.05) is 23.1 Å². The first-order valence-electron chi connectivity index (χ1n) is 10.0. The van der Waals surface area contributed by atoms with Crippen molar-refractivity contribution < 1.29 is 14.0 Å². The molecule has 0 aliphatic rings. The Morgan fingerprint density at radius 2 is 1.78 bits per heavy atom. The van der Waals surface area contributed by atoms with Crippen LogP contribution >= 0.6 is 23.4 Å². The van der Waals surface area contributed by atoms with Crippen molar-refractivity contribution in [1.82, 2.24) is 4.98 Å². The van der Waals surface area contributed by atoms with Crippen LogP contribution < -0.4 is 11.1 Å². The molecule has 168 valence electrons. The normalized spacial score (nSPS) is 11.5. The van der Waals surface area contributed by atoms with Gasteiger partial charge in [0.25, 0.3) is 0 Å². The van der Waals surface area contributed by atoms with E-state index in [-0.39, 0.29) is 5.91 Å². The number of aromatic nitrogens is 1. The van der Waals surface area contributed by atoms with Gasteiger partial charge in [0.15, 0.2) is 5.13 Å². The number of amides is 1. The summed E-state index contributed by atoms with van der Waals surface area (Å²) in [5.41, 5.74) is 9.84. The number of nitrogens with one attached hydrogen (secondary N) is 1. The highest BCUT2D eigenvalue weighted by atomic mass is 32.2. The summed E-state index contributed by atoms with van der Waals surface area (Å²) in [7, 11) is 1.47. The highest BCUT2D eigenvalue weighted by molar-refractivity contribution is 7.94. The molecule has 1 heterocycles. The quantitative estimate of drug-likeness (QED) is 0.141. The molecule has 0 saturated carbocycles. The lowest BCUT2D eigenvalue weighted by Crippen LogP contribution is -2.05. The Labute approximate surface area is 196 Å². The van der Waals surface area contributed by atoms with E-state index in [0.29, 0.717) is 11.0 Å². The Kier molecular flexibility index (Phi) is 8.81. The van der Waals surface area contributed by atoms with E-state index >= 15 is 0 Å². The van der Waals surface area contributed by atoms with Crippen molar-refractivity contribution in [2.75, 3.05) is 12.4 Å². The maximum Gasteiger partial charge on any atom is 0.223 e. The van der Waals surface area contributed by atoms with E-state index in [9.17, 15) is 4.79 Å². The van der Waals surface area contributed by atoms with Gasteiger partial charge in [-0.2, -0.15) is 4.33 Å². The summed E-state index contributed by atoms with van der Waals surface area (Å²) < 4.78 is 4.89. The largest absolute Gasteiger partial charge is 0.387 e. The van der Waals surface area contributed by atoms with Crippen LogP contribution in [-0.4, -0.2) is 23.8 Å². The summed E-state index contributed by atoms with van der Waals surface area (Å²) in [5.74, 6) is 0.413. The number of carbonyl (C=O) groups is 1. The second-order valence-corrected chi connectivity index (χ2v) is 8.99. The molecule has 3 aromatic rings. The van der Waals surface area contributed by atoms with Crippen molar-refractivity contribution in [2.45, 2.75) is 38.0 Å². The first kappa shape index (κ1) is 23.9. The van der Waals surface area contributed by atoms with Crippen LogP contribution in [0.2, 0.25) is 0 Å². The first-order valence-corrected chi connectivity index (χ1v) is 11.6. The van der Waals surface area contributed by atoms with Gasteiger partial charge in [-0.3, -0.25) is 4.79 Å². The standard InChI is InChI=1S/C23H26N4O3S2/c1-15(24)25-19-9-4-17(5-10-19)8-13-21-22(31-23(27-21)26-16(2)28)14-18-6-11-20(12-7-18)32-30-29-3/h4-7,9-12H,8,13-14H2,1-3H3,(H2,24,25)(H,26,27,28). The molecular weight excluding hydrogens is 444 g/mol. The van der Waals surface area contributed by atoms with Crippen LogP contribution in [0.1, 0.15) is 35.5 Å². The summed E-state index contributed by atoms with van der Waals surface area (Å²) in [5, 5.41) is 3.45. The van der Waals surface area contributed by atoms with Gasteiger partial charge in [-0.05, 0) is 55.2 Å². The average Bonchev–Trinajstić information content (AvgIpc) is 3.12. The zero-order valence-electron chi connectivity index (χ0n) is 18.3. The summed E-state index contributed by atoms with van der Waals surface area (Å²) >= 11 is 2.69. The molecule has 1 amide bonds. The molecule has 3 rings (SSSR count).